The van der Waals surface area contributed by atoms with E-state index in [1.807, 2.05) is 18.2 Å². The molecule has 4 rings (SSSR count). The Hall–Kier alpha value is -2.21. The summed E-state index contributed by atoms with van der Waals surface area (Å²) < 4.78 is 6.50. The lowest BCUT2D eigenvalue weighted by molar-refractivity contribution is 0.416. The molecule has 5 heteroatoms. The van der Waals surface area contributed by atoms with Gasteiger partial charge >= 0.3 is 0 Å². The van der Waals surface area contributed by atoms with Crippen molar-refractivity contribution in [1.29, 1.82) is 0 Å². The van der Waals surface area contributed by atoms with E-state index in [9.17, 15) is 0 Å². The van der Waals surface area contributed by atoms with Gasteiger partial charge in [-0.05, 0) is 47.5 Å². The van der Waals surface area contributed by atoms with Gasteiger partial charge < -0.3 is 10.1 Å². The lowest BCUT2D eigenvalue weighted by Crippen LogP contribution is -2.18. The summed E-state index contributed by atoms with van der Waals surface area (Å²) in [5, 5.41) is 9.20. The topological polar surface area (TPSA) is 34.1 Å². The van der Waals surface area contributed by atoms with Crippen molar-refractivity contribution in [2.75, 3.05) is 7.11 Å². The molecule has 0 bridgehead atoms. The fourth-order valence-electron chi connectivity index (χ4n) is 3.21. The third-order valence-corrected chi connectivity index (χ3v) is 6.22. The van der Waals surface area contributed by atoms with Crippen molar-refractivity contribution in [1.82, 2.24) is 10.3 Å². The number of halogens is 1. The van der Waals surface area contributed by atoms with Crippen molar-refractivity contribution in [3.63, 3.8) is 0 Å². The van der Waals surface area contributed by atoms with Gasteiger partial charge in [0, 0.05) is 22.4 Å². The molecule has 28 heavy (non-hydrogen) atoms. The van der Waals surface area contributed by atoms with Crippen LogP contribution < -0.4 is 10.1 Å². The van der Waals surface area contributed by atoms with Crippen LogP contribution in [-0.4, -0.2) is 12.1 Å². The molecule has 0 radical (unpaired) electrons. The van der Waals surface area contributed by atoms with E-state index in [0.717, 1.165) is 33.0 Å². The van der Waals surface area contributed by atoms with E-state index >= 15 is 0 Å². The number of thiazole rings is 1. The molecular weight excluding hydrogens is 432 g/mol. The van der Waals surface area contributed by atoms with E-state index in [1.165, 1.54) is 16.3 Å². The van der Waals surface area contributed by atoms with Gasteiger partial charge in [0.05, 0.1) is 18.4 Å². The molecule has 1 aromatic heterocycles. The molecule has 0 aliphatic carbocycles. The van der Waals surface area contributed by atoms with Gasteiger partial charge in [-0.2, -0.15) is 0 Å². The van der Waals surface area contributed by atoms with E-state index in [4.69, 9.17) is 9.72 Å². The SMILES string of the molecule is COc1ccc(Br)cc1-c1nc(CN[C@@H](C)c2ccc3ccccc3c2)cs1. The predicted octanol–water partition coefficient (Wildman–Crippen LogP) is 6.59. The number of benzene rings is 3. The van der Waals surface area contributed by atoms with Crippen LogP contribution in [0.25, 0.3) is 21.3 Å². The van der Waals surface area contributed by atoms with Crippen LogP contribution in [0.4, 0.5) is 0 Å². The van der Waals surface area contributed by atoms with Gasteiger partial charge in [-0.25, -0.2) is 4.98 Å². The second kappa shape index (κ2) is 8.43. The Bertz CT molecular complexity index is 1110. The molecular formula is C23H21BrN2OS. The van der Waals surface area contributed by atoms with Crippen LogP contribution >= 0.6 is 27.3 Å². The van der Waals surface area contributed by atoms with Crippen LogP contribution in [0.5, 0.6) is 5.75 Å². The number of rotatable bonds is 6. The van der Waals surface area contributed by atoms with Crippen molar-refractivity contribution in [3.8, 4) is 16.3 Å². The average Bonchev–Trinajstić information content (AvgIpc) is 3.20. The summed E-state index contributed by atoms with van der Waals surface area (Å²) in [7, 11) is 1.69. The Morgan fingerprint density at radius 2 is 1.89 bits per heavy atom. The fraction of sp³-hybridized carbons (Fsp3) is 0.174. The Morgan fingerprint density at radius 1 is 1.07 bits per heavy atom. The van der Waals surface area contributed by atoms with E-state index in [-0.39, 0.29) is 6.04 Å². The number of nitrogens with zero attached hydrogens (tertiary/aromatic N) is 1. The first-order valence-electron chi connectivity index (χ1n) is 9.14. The van der Waals surface area contributed by atoms with E-state index in [1.54, 1.807) is 18.4 Å². The zero-order chi connectivity index (χ0) is 19.5. The average molecular weight is 453 g/mol. The standard InChI is InChI=1S/C23H21BrN2OS/c1-15(17-8-7-16-5-3-4-6-18(16)11-17)25-13-20-14-28-23(26-20)21-12-19(24)9-10-22(21)27-2/h3-12,14-15,25H,13H2,1-2H3/t15-/m0/s1. The zero-order valence-electron chi connectivity index (χ0n) is 15.8. The molecule has 3 aromatic carbocycles. The van der Waals surface area contributed by atoms with Crippen LogP contribution in [0.3, 0.4) is 0 Å². The third-order valence-electron chi connectivity index (χ3n) is 4.81. The van der Waals surface area contributed by atoms with Crippen LogP contribution in [0.15, 0.2) is 70.5 Å². The third kappa shape index (κ3) is 4.12. The maximum atomic E-state index is 5.49. The molecule has 3 nitrogen and oxygen atoms in total. The Morgan fingerprint density at radius 3 is 2.71 bits per heavy atom. The van der Waals surface area contributed by atoms with Crippen LogP contribution in [0, 0.1) is 0 Å². The van der Waals surface area contributed by atoms with Gasteiger partial charge in [0.15, 0.2) is 0 Å². The highest BCUT2D eigenvalue weighted by Crippen LogP contribution is 2.34. The van der Waals surface area contributed by atoms with Gasteiger partial charge in [0.25, 0.3) is 0 Å². The molecule has 1 heterocycles. The predicted molar refractivity (Wildman–Crippen MR) is 121 cm³/mol. The first-order valence-corrected chi connectivity index (χ1v) is 10.8. The van der Waals surface area contributed by atoms with Crippen LogP contribution in [-0.2, 0) is 6.54 Å². The van der Waals surface area contributed by atoms with Crippen molar-refractivity contribution in [2.24, 2.45) is 0 Å². The number of methoxy groups -OCH3 is 1. The van der Waals surface area contributed by atoms with E-state index in [2.05, 4.69) is 76.0 Å². The smallest absolute Gasteiger partial charge is 0.129 e. The number of ether oxygens (including phenoxy) is 1. The normalized spacial score (nSPS) is 12.2. The lowest BCUT2D eigenvalue weighted by Gasteiger charge is -2.14. The Kier molecular flexibility index (Phi) is 5.76. The summed E-state index contributed by atoms with van der Waals surface area (Å²) >= 11 is 5.17. The summed E-state index contributed by atoms with van der Waals surface area (Å²) in [6.07, 6.45) is 0. The number of hydrogen-bond acceptors (Lipinski definition) is 4. The van der Waals surface area contributed by atoms with Crippen molar-refractivity contribution >= 4 is 38.0 Å². The summed E-state index contributed by atoms with van der Waals surface area (Å²) in [5.41, 5.74) is 3.33. The minimum absolute atomic E-state index is 0.246. The highest BCUT2D eigenvalue weighted by molar-refractivity contribution is 9.10. The first-order chi connectivity index (χ1) is 13.6. The summed E-state index contributed by atoms with van der Waals surface area (Å²) in [5.74, 6) is 0.835. The molecule has 1 atom stereocenters. The van der Waals surface area contributed by atoms with Gasteiger partial charge in [0.2, 0.25) is 0 Å². The summed E-state index contributed by atoms with van der Waals surface area (Å²) in [6, 6.07) is 21.3. The van der Waals surface area contributed by atoms with E-state index < -0.39 is 0 Å². The largest absolute Gasteiger partial charge is 0.496 e. The van der Waals surface area contributed by atoms with Gasteiger partial charge in [-0.3, -0.25) is 0 Å². The summed E-state index contributed by atoms with van der Waals surface area (Å²) in [6.45, 7) is 2.91. The zero-order valence-corrected chi connectivity index (χ0v) is 18.2. The summed E-state index contributed by atoms with van der Waals surface area (Å²) in [4.78, 5) is 4.80. The lowest BCUT2D eigenvalue weighted by atomic mass is 10.0. The first kappa shape index (κ1) is 19.1. The molecule has 0 fully saturated rings. The Balaban J connectivity index is 1.47. The monoisotopic (exact) mass is 452 g/mol. The molecule has 142 valence electrons. The number of aromatic nitrogens is 1. The molecule has 0 amide bonds. The molecule has 0 aliphatic rings. The highest BCUT2D eigenvalue weighted by atomic mass is 79.9. The number of nitrogens with one attached hydrogen (secondary N) is 1. The molecule has 4 aromatic rings. The van der Waals surface area contributed by atoms with Crippen LogP contribution in [0.1, 0.15) is 24.2 Å². The highest BCUT2D eigenvalue weighted by Gasteiger charge is 2.12. The van der Waals surface area contributed by atoms with Crippen LogP contribution in [0.2, 0.25) is 0 Å². The number of fused-ring (bicyclic) bond motifs is 1. The molecule has 1 N–H and O–H groups in total. The molecule has 0 unspecified atom stereocenters. The van der Waals surface area contributed by atoms with Gasteiger partial charge in [-0.1, -0.05) is 52.3 Å². The van der Waals surface area contributed by atoms with E-state index in [0.29, 0.717) is 0 Å². The second-order valence-corrected chi connectivity index (χ2v) is 8.47. The van der Waals surface area contributed by atoms with Crippen molar-refractivity contribution in [2.45, 2.75) is 19.5 Å². The number of hydrogen-bond donors (Lipinski definition) is 1. The van der Waals surface area contributed by atoms with Crippen molar-refractivity contribution < 1.29 is 4.74 Å². The van der Waals surface area contributed by atoms with Crippen molar-refractivity contribution in [3.05, 3.63) is 81.8 Å². The second-order valence-electron chi connectivity index (χ2n) is 6.70. The maximum Gasteiger partial charge on any atom is 0.129 e. The molecule has 0 saturated heterocycles. The Labute approximate surface area is 177 Å². The van der Waals surface area contributed by atoms with Gasteiger partial charge in [0.1, 0.15) is 10.8 Å². The maximum absolute atomic E-state index is 5.49. The molecule has 0 saturated carbocycles. The minimum Gasteiger partial charge on any atom is -0.496 e. The minimum atomic E-state index is 0.246. The molecule has 0 aliphatic heterocycles. The molecule has 0 spiro atoms. The van der Waals surface area contributed by atoms with Gasteiger partial charge in [-0.15, -0.1) is 11.3 Å². The fourth-order valence-corrected chi connectivity index (χ4v) is 4.41. The quantitative estimate of drug-likeness (QED) is 0.358.